The molecule has 2 rings (SSSR count). The molecule has 0 aromatic rings. The molecule has 0 aliphatic carbocycles. The van der Waals surface area contributed by atoms with Gasteiger partial charge in [0, 0.05) is 6.04 Å². The van der Waals surface area contributed by atoms with E-state index in [4.69, 9.17) is 0 Å². The molecule has 2 fully saturated rings. The molecule has 0 aromatic carbocycles. The van der Waals surface area contributed by atoms with Crippen LogP contribution in [0.15, 0.2) is 0 Å². The molecule has 0 radical (unpaired) electrons. The Morgan fingerprint density at radius 1 is 1.13 bits per heavy atom. The minimum absolute atomic E-state index is 0.165. The fourth-order valence-corrected chi connectivity index (χ4v) is 2.89. The topological polar surface area (TPSA) is 61.4 Å². The summed E-state index contributed by atoms with van der Waals surface area (Å²) >= 11 is 0. The first-order valence-electron chi connectivity index (χ1n) is 5.96. The van der Waals surface area contributed by atoms with E-state index in [1.165, 1.54) is 0 Å². The molecule has 2 aliphatic rings. The highest BCUT2D eigenvalue weighted by Gasteiger charge is 2.36. The molecule has 3 N–H and O–H groups in total. The maximum atomic E-state index is 11.2. The lowest BCUT2D eigenvalue weighted by Crippen LogP contribution is -2.51. The van der Waals surface area contributed by atoms with Gasteiger partial charge in [-0.1, -0.05) is 0 Å². The van der Waals surface area contributed by atoms with Gasteiger partial charge in [0.1, 0.15) is 0 Å². The average Bonchev–Trinajstić information content (AvgIpc) is 2.30. The van der Waals surface area contributed by atoms with E-state index in [0.29, 0.717) is 5.92 Å². The van der Waals surface area contributed by atoms with Gasteiger partial charge in [-0.15, -0.1) is 0 Å². The summed E-state index contributed by atoms with van der Waals surface area (Å²) in [7, 11) is 0. The second-order valence-electron chi connectivity index (χ2n) is 4.65. The van der Waals surface area contributed by atoms with Crippen molar-refractivity contribution in [1.29, 1.82) is 0 Å². The Labute approximate surface area is 90.4 Å². The summed E-state index contributed by atoms with van der Waals surface area (Å²) in [6.45, 7) is 3.06. The molecule has 0 bridgehead atoms. The number of carbonyl (C=O) groups is 1. The van der Waals surface area contributed by atoms with Gasteiger partial charge in [-0.25, -0.2) is 0 Å². The summed E-state index contributed by atoms with van der Waals surface area (Å²) in [5.41, 5.74) is 0. The summed E-state index contributed by atoms with van der Waals surface area (Å²) in [6, 6.07) is 0.207. The molecular weight excluding hydrogens is 192 g/mol. The third kappa shape index (κ3) is 2.49. The third-order valence-corrected chi connectivity index (χ3v) is 3.71. The van der Waals surface area contributed by atoms with Gasteiger partial charge in [0.15, 0.2) is 0 Å². The van der Waals surface area contributed by atoms with Crippen LogP contribution >= 0.6 is 0 Å². The standard InChI is InChI=1S/C11H20N2O2/c14-11(15)9-2-1-5-13-10(9)8-3-6-12-7-4-8/h8-10,12-13H,1-7H2,(H,14,15). The van der Waals surface area contributed by atoms with E-state index < -0.39 is 5.97 Å². The fourth-order valence-electron chi connectivity index (χ4n) is 2.89. The first-order chi connectivity index (χ1) is 7.29. The molecular formula is C11H20N2O2. The van der Waals surface area contributed by atoms with E-state index >= 15 is 0 Å². The second kappa shape index (κ2) is 4.94. The Balaban J connectivity index is 1.99. The van der Waals surface area contributed by atoms with E-state index in [1.54, 1.807) is 0 Å². The number of carboxylic acid groups (broad SMARTS) is 1. The maximum absolute atomic E-state index is 11.2. The monoisotopic (exact) mass is 212 g/mol. The van der Waals surface area contributed by atoms with Crippen LogP contribution < -0.4 is 10.6 Å². The number of piperidine rings is 2. The molecule has 2 aliphatic heterocycles. The Hall–Kier alpha value is -0.610. The average molecular weight is 212 g/mol. The van der Waals surface area contributed by atoms with Gasteiger partial charge in [0.25, 0.3) is 0 Å². The number of rotatable bonds is 2. The molecule has 2 unspecified atom stereocenters. The highest BCUT2D eigenvalue weighted by molar-refractivity contribution is 5.71. The van der Waals surface area contributed by atoms with Crippen molar-refractivity contribution >= 4 is 5.97 Å². The normalized spacial score (nSPS) is 33.9. The van der Waals surface area contributed by atoms with E-state index in [-0.39, 0.29) is 12.0 Å². The van der Waals surface area contributed by atoms with Gasteiger partial charge in [-0.05, 0) is 51.2 Å². The molecule has 0 amide bonds. The highest BCUT2D eigenvalue weighted by Crippen LogP contribution is 2.27. The van der Waals surface area contributed by atoms with Gasteiger partial charge >= 0.3 is 5.97 Å². The maximum Gasteiger partial charge on any atom is 0.308 e. The summed E-state index contributed by atoms with van der Waals surface area (Å²) in [5.74, 6) is -0.236. The summed E-state index contributed by atoms with van der Waals surface area (Å²) in [5, 5.41) is 15.9. The zero-order valence-corrected chi connectivity index (χ0v) is 9.04. The Morgan fingerprint density at radius 2 is 1.87 bits per heavy atom. The second-order valence-corrected chi connectivity index (χ2v) is 4.65. The van der Waals surface area contributed by atoms with Crippen LogP contribution in [0.1, 0.15) is 25.7 Å². The van der Waals surface area contributed by atoms with Gasteiger partial charge < -0.3 is 15.7 Å². The summed E-state index contributed by atoms with van der Waals surface area (Å²) in [6.07, 6.45) is 4.07. The molecule has 0 spiro atoms. The molecule has 0 aromatic heterocycles. The van der Waals surface area contributed by atoms with Crippen LogP contribution in [-0.2, 0) is 4.79 Å². The number of hydrogen-bond acceptors (Lipinski definition) is 3. The van der Waals surface area contributed by atoms with Crippen molar-refractivity contribution < 1.29 is 9.90 Å². The van der Waals surface area contributed by atoms with Gasteiger partial charge in [0.2, 0.25) is 0 Å². The smallest absolute Gasteiger partial charge is 0.308 e. The lowest BCUT2D eigenvalue weighted by molar-refractivity contribution is -0.144. The first kappa shape index (κ1) is 10.9. The van der Waals surface area contributed by atoms with Crippen LogP contribution in [0, 0.1) is 11.8 Å². The lowest BCUT2D eigenvalue weighted by atomic mass is 9.78. The van der Waals surface area contributed by atoms with Crippen LogP contribution in [0.5, 0.6) is 0 Å². The number of aliphatic carboxylic acids is 1. The summed E-state index contributed by atoms with van der Waals surface area (Å²) in [4.78, 5) is 11.2. The number of nitrogens with one attached hydrogen (secondary N) is 2. The van der Waals surface area contributed by atoms with Crippen LogP contribution in [0.4, 0.5) is 0 Å². The van der Waals surface area contributed by atoms with Crippen LogP contribution in [0.2, 0.25) is 0 Å². The lowest BCUT2D eigenvalue weighted by Gasteiger charge is -2.37. The zero-order valence-electron chi connectivity index (χ0n) is 9.04. The molecule has 2 saturated heterocycles. The largest absolute Gasteiger partial charge is 0.481 e. The predicted molar refractivity (Wildman–Crippen MR) is 57.7 cm³/mol. The van der Waals surface area contributed by atoms with Crippen molar-refractivity contribution in [2.45, 2.75) is 31.7 Å². The van der Waals surface area contributed by atoms with E-state index in [9.17, 15) is 9.90 Å². The quantitative estimate of drug-likeness (QED) is 0.621. The predicted octanol–water partition coefficient (Wildman–Crippen LogP) is 0.439. The number of hydrogen-bond donors (Lipinski definition) is 3. The van der Waals surface area contributed by atoms with Crippen LogP contribution in [-0.4, -0.2) is 36.8 Å². The minimum atomic E-state index is -0.620. The van der Waals surface area contributed by atoms with E-state index in [0.717, 1.165) is 45.3 Å². The molecule has 15 heavy (non-hydrogen) atoms. The Kier molecular flexibility index (Phi) is 3.59. The molecule has 2 heterocycles. The van der Waals surface area contributed by atoms with Crippen molar-refractivity contribution in [1.82, 2.24) is 10.6 Å². The van der Waals surface area contributed by atoms with Gasteiger partial charge in [-0.3, -0.25) is 4.79 Å². The minimum Gasteiger partial charge on any atom is -0.481 e. The first-order valence-corrected chi connectivity index (χ1v) is 5.96. The van der Waals surface area contributed by atoms with E-state index in [1.807, 2.05) is 0 Å². The molecule has 4 heteroatoms. The van der Waals surface area contributed by atoms with Crippen molar-refractivity contribution in [2.75, 3.05) is 19.6 Å². The van der Waals surface area contributed by atoms with Crippen LogP contribution in [0.3, 0.4) is 0 Å². The van der Waals surface area contributed by atoms with Crippen LogP contribution in [0.25, 0.3) is 0 Å². The molecule has 86 valence electrons. The molecule has 4 nitrogen and oxygen atoms in total. The fraction of sp³-hybridized carbons (Fsp3) is 0.909. The highest BCUT2D eigenvalue weighted by atomic mass is 16.4. The van der Waals surface area contributed by atoms with Gasteiger partial charge in [-0.2, -0.15) is 0 Å². The zero-order chi connectivity index (χ0) is 10.7. The third-order valence-electron chi connectivity index (χ3n) is 3.71. The number of carboxylic acids is 1. The molecule has 2 atom stereocenters. The SMILES string of the molecule is O=C(O)C1CCCNC1C1CCNCC1. The van der Waals surface area contributed by atoms with Crippen molar-refractivity contribution in [3.63, 3.8) is 0 Å². The van der Waals surface area contributed by atoms with Crippen molar-refractivity contribution in [2.24, 2.45) is 11.8 Å². The Bertz CT molecular complexity index is 227. The van der Waals surface area contributed by atoms with Crippen molar-refractivity contribution in [3.05, 3.63) is 0 Å². The van der Waals surface area contributed by atoms with Gasteiger partial charge in [0.05, 0.1) is 5.92 Å². The van der Waals surface area contributed by atoms with E-state index in [2.05, 4.69) is 10.6 Å². The molecule has 0 saturated carbocycles. The Morgan fingerprint density at radius 3 is 2.53 bits per heavy atom. The summed E-state index contributed by atoms with van der Waals surface area (Å²) < 4.78 is 0. The van der Waals surface area contributed by atoms with Crippen molar-refractivity contribution in [3.8, 4) is 0 Å².